The molecule has 0 unspecified atom stereocenters. The summed E-state index contributed by atoms with van der Waals surface area (Å²) >= 11 is 0. The van der Waals surface area contributed by atoms with E-state index in [-0.39, 0.29) is 23.9 Å². The van der Waals surface area contributed by atoms with Crippen LogP contribution in [-0.4, -0.2) is 82.0 Å². The lowest BCUT2D eigenvalue weighted by Gasteiger charge is -2.32. The van der Waals surface area contributed by atoms with Crippen molar-refractivity contribution in [2.75, 3.05) is 26.2 Å². The highest BCUT2D eigenvalue weighted by molar-refractivity contribution is 6.33. The zero-order valence-electron chi connectivity index (χ0n) is 29.9. The van der Waals surface area contributed by atoms with Gasteiger partial charge >= 0.3 is 0 Å². The van der Waals surface area contributed by atoms with Crippen LogP contribution in [0, 0.1) is 0 Å². The highest BCUT2D eigenvalue weighted by atomic mass is 16.2. The second-order valence-corrected chi connectivity index (χ2v) is 15.3. The molecular weight excluding hydrogens is 628 g/mol. The molecule has 0 saturated heterocycles. The summed E-state index contributed by atoms with van der Waals surface area (Å²) in [7, 11) is 0. The number of carbonyl (C=O) groups is 4. The first kappa shape index (κ1) is 34.7. The highest BCUT2D eigenvalue weighted by Gasteiger charge is 2.39. The van der Waals surface area contributed by atoms with Crippen LogP contribution in [0.3, 0.4) is 0 Å². The molecule has 2 N–H and O–H groups in total. The quantitative estimate of drug-likeness (QED) is 0.0945. The van der Waals surface area contributed by atoms with Gasteiger partial charge in [-0.3, -0.25) is 39.0 Å². The van der Waals surface area contributed by atoms with Crippen LogP contribution >= 0.6 is 0 Å². The molecule has 0 aliphatic carbocycles. The molecule has 2 aliphatic heterocycles. The predicted molar refractivity (Wildman–Crippen MR) is 197 cm³/mol. The summed E-state index contributed by atoms with van der Waals surface area (Å²) in [4.78, 5) is 72.4. The first-order valence-electron chi connectivity index (χ1n) is 17.5. The number of aromatic nitrogens is 2. The maximum Gasteiger partial charge on any atom is 0.261 e. The molecule has 6 rings (SSSR count). The number of aliphatic imine (C=N–C) groups is 2. The lowest BCUT2D eigenvalue weighted by molar-refractivity contribution is 0.0586. The number of amides is 4. The molecule has 4 amide bonds. The number of benzene rings is 2. The Balaban J connectivity index is 1.06. The number of unbranched alkanes of at least 4 members (excludes halogenated alkanes) is 2. The van der Waals surface area contributed by atoms with Gasteiger partial charge in [0.15, 0.2) is 0 Å². The molecule has 260 valence electrons. The standard InChI is InChI=1S/C40H46N6O4/c1-39(2,3)25-19-27(43-21-25)23-41-15-7-9-17-45-35(47)29-11-13-31-34-32(14-12-30(33(29)34)36(45)48)38(50)46(37(31)49)18-10-8-16-42-24-28-20-26(22-44-28)40(4,5)6/h11-14,19-24,43-44H,7-10,15-18H2,1-6H3. The molecule has 4 heterocycles. The van der Waals surface area contributed by atoms with Crippen LogP contribution in [0.4, 0.5) is 0 Å². The maximum atomic E-state index is 13.6. The van der Waals surface area contributed by atoms with E-state index in [1.54, 1.807) is 24.3 Å². The average Bonchev–Trinajstić information content (AvgIpc) is 3.75. The Hall–Kier alpha value is -5.12. The summed E-state index contributed by atoms with van der Waals surface area (Å²) in [5.74, 6) is -1.64. The van der Waals surface area contributed by atoms with Crippen LogP contribution in [0.25, 0.3) is 10.8 Å². The normalized spacial score (nSPS) is 15.2. The van der Waals surface area contributed by atoms with Crippen molar-refractivity contribution in [1.29, 1.82) is 0 Å². The lowest BCUT2D eigenvalue weighted by atomic mass is 9.86. The van der Waals surface area contributed by atoms with Crippen molar-refractivity contribution in [2.24, 2.45) is 9.98 Å². The fourth-order valence-corrected chi connectivity index (χ4v) is 6.49. The number of rotatable bonds is 12. The van der Waals surface area contributed by atoms with Crippen molar-refractivity contribution >= 4 is 46.8 Å². The van der Waals surface area contributed by atoms with Crippen molar-refractivity contribution in [2.45, 2.75) is 78.1 Å². The number of nitrogens with one attached hydrogen (secondary N) is 2. The van der Waals surface area contributed by atoms with Crippen LogP contribution in [0.1, 0.15) is 131 Å². The number of carbonyl (C=O) groups excluding carboxylic acids is 4. The minimum absolute atomic E-state index is 0.0572. The molecule has 50 heavy (non-hydrogen) atoms. The van der Waals surface area contributed by atoms with E-state index in [0.29, 0.717) is 71.8 Å². The molecule has 2 aliphatic rings. The van der Waals surface area contributed by atoms with Gasteiger partial charge in [-0.2, -0.15) is 0 Å². The molecule has 0 atom stereocenters. The van der Waals surface area contributed by atoms with Gasteiger partial charge < -0.3 is 9.97 Å². The van der Waals surface area contributed by atoms with Gasteiger partial charge in [0.25, 0.3) is 23.6 Å². The molecule has 2 aromatic carbocycles. The summed E-state index contributed by atoms with van der Waals surface area (Å²) in [6.07, 6.45) is 10.2. The number of imide groups is 2. The van der Waals surface area contributed by atoms with Crippen LogP contribution in [0.5, 0.6) is 0 Å². The van der Waals surface area contributed by atoms with E-state index in [4.69, 9.17) is 0 Å². The summed E-state index contributed by atoms with van der Waals surface area (Å²) in [5.41, 5.74) is 5.77. The third kappa shape index (κ3) is 6.84. The van der Waals surface area contributed by atoms with Gasteiger partial charge in [0.1, 0.15) is 0 Å². The van der Waals surface area contributed by atoms with Gasteiger partial charge in [0, 0.05) is 84.0 Å². The van der Waals surface area contributed by atoms with E-state index in [9.17, 15) is 19.2 Å². The van der Waals surface area contributed by atoms with Crippen LogP contribution in [0.2, 0.25) is 0 Å². The van der Waals surface area contributed by atoms with Crippen LogP contribution < -0.4 is 0 Å². The van der Waals surface area contributed by atoms with Gasteiger partial charge in [0.2, 0.25) is 0 Å². The molecule has 2 aromatic heterocycles. The number of hydrogen-bond acceptors (Lipinski definition) is 6. The summed E-state index contributed by atoms with van der Waals surface area (Å²) in [5, 5.41) is 0.789. The van der Waals surface area contributed by atoms with Crippen molar-refractivity contribution in [3.8, 4) is 0 Å². The minimum atomic E-state index is -0.410. The van der Waals surface area contributed by atoms with Crippen molar-refractivity contribution in [1.82, 2.24) is 19.8 Å². The summed E-state index contributed by atoms with van der Waals surface area (Å²) in [6.45, 7) is 14.6. The summed E-state index contributed by atoms with van der Waals surface area (Å²) in [6, 6.07) is 10.6. The maximum absolute atomic E-state index is 13.6. The largest absolute Gasteiger partial charge is 0.360 e. The zero-order valence-corrected chi connectivity index (χ0v) is 29.9. The minimum Gasteiger partial charge on any atom is -0.360 e. The highest BCUT2D eigenvalue weighted by Crippen LogP contribution is 2.38. The Bertz CT molecular complexity index is 1820. The monoisotopic (exact) mass is 674 g/mol. The van der Waals surface area contributed by atoms with Crippen molar-refractivity contribution in [3.63, 3.8) is 0 Å². The van der Waals surface area contributed by atoms with E-state index in [0.717, 1.165) is 11.4 Å². The van der Waals surface area contributed by atoms with E-state index >= 15 is 0 Å². The Labute approximate surface area is 293 Å². The molecule has 0 saturated carbocycles. The number of hydrogen-bond donors (Lipinski definition) is 2. The van der Waals surface area contributed by atoms with E-state index in [2.05, 4.69) is 73.6 Å². The molecular formula is C40H46N6O4. The van der Waals surface area contributed by atoms with E-state index < -0.39 is 23.6 Å². The fraction of sp³-hybridized carbons (Fsp3) is 0.400. The number of aromatic amines is 2. The third-order valence-electron chi connectivity index (χ3n) is 9.50. The molecule has 4 aromatic rings. The SMILES string of the molecule is CC(C)(C)c1c[nH]c(C=NCCCCN2C(=O)c3ccc4c5c(ccc(c35)C2=O)C(=O)N(CCCCN=Cc2cc(C(C)(C)C)c[nH]2)C4=O)c1. The van der Waals surface area contributed by atoms with Gasteiger partial charge in [-0.15, -0.1) is 0 Å². The number of H-pyrrole nitrogens is 2. The Morgan fingerprint density at radius 1 is 0.560 bits per heavy atom. The van der Waals surface area contributed by atoms with Gasteiger partial charge in [0.05, 0.1) is 11.4 Å². The Kier molecular flexibility index (Phi) is 9.48. The van der Waals surface area contributed by atoms with E-state index in [1.807, 2.05) is 24.8 Å². The number of nitrogens with zero attached hydrogens (tertiary/aromatic N) is 4. The van der Waals surface area contributed by atoms with Crippen molar-refractivity contribution < 1.29 is 19.2 Å². The molecule has 0 bridgehead atoms. The first-order valence-corrected chi connectivity index (χ1v) is 17.5. The smallest absolute Gasteiger partial charge is 0.261 e. The summed E-state index contributed by atoms with van der Waals surface area (Å²) < 4.78 is 0. The second-order valence-electron chi connectivity index (χ2n) is 15.3. The Morgan fingerprint density at radius 3 is 1.20 bits per heavy atom. The topological polar surface area (TPSA) is 131 Å². The molecule has 0 spiro atoms. The molecule has 0 radical (unpaired) electrons. The first-order chi connectivity index (χ1) is 23.8. The van der Waals surface area contributed by atoms with Crippen molar-refractivity contribution in [3.05, 3.63) is 93.6 Å². The average molecular weight is 675 g/mol. The fourth-order valence-electron chi connectivity index (χ4n) is 6.49. The van der Waals surface area contributed by atoms with Crippen LogP contribution in [-0.2, 0) is 10.8 Å². The third-order valence-corrected chi connectivity index (χ3v) is 9.50. The molecule has 10 nitrogen and oxygen atoms in total. The van der Waals surface area contributed by atoms with Gasteiger partial charge in [-0.05, 0) is 84.0 Å². The lowest BCUT2D eigenvalue weighted by Crippen LogP contribution is -2.43. The van der Waals surface area contributed by atoms with E-state index in [1.165, 1.54) is 20.9 Å². The zero-order chi connectivity index (χ0) is 35.8. The molecule has 0 fully saturated rings. The predicted octanol–water partition coefficient (Wildman–Crippen LogP) is 7.08. The Morgan fingerprint density at radius 2 is 0.900 bits per heavy atom. The van der Waals surface area contributed by atoms with Gasteiger partial charge in [-0.1, -0.05) is 41.5 Å². The second kappa shape index (κ2) is 13.7. The molecule has 10 heteroatoms. The van der Waals surface area contributed by atoms with Crippen LogP contribution in [0.15, 0.2) is 58.8 Å². The van der Waals surface area contributed by atoms with Gasteiger partial charge in [-0.25, -0.2) is 0 Å².